The maximum Gasteiger partial charge on any atom is 0.393 e. The van der Waals surface area contributed by atoms with Crippen LogP contribution in [0.4, 0.5) is 13.2 Å². The lowest BCUT2D eigenvalue weighted by Gasteiger charge is -2.22. The molecule has 1 aliphatic rings. The van der Waals surface area contributed by atoms with E-state index in [2.05, 4.69) is 0 Å². The molecule has 0 aromatic carbocycles. The number of hydrogen-bond donors (Lipinski definition) is 0. The van der Waals surface area contributed by atoms with Gasteiger partial charge in [-0.3, -0.25) is 0 Å². The fraction of sp³-hybridized carbons (Fsp3) is 1.00. The highest BCUT2D eigenvalue weighted by atomic mass is 19.4. The van der Waals surface area contributed by atoms with Crippen LogP contribution in [0.15, 0.2) is 0 Å². The lowest BCUT2D eigenvalue weighted by atomic mass is 10.0. The molecule has 0 N–H and O–H groups in total. The molecule has 1 heterocycles. The molecule has 1 saturated heterocycles. The van der Waals surface area contributed by atoms with Gasteiger partial charge in [0, 0.05) is 6.04 Å². The van der Waals surface area contributed by atoms with Crippen molar-refractivity contribution in [3.8, 4) is 0 Å². The zero-order chi connectivity index (χ0) is 8.65. The Morgan fingerprint density at radius 1 is 1.36 bits per heavy atom. The van der Waals surface area contributed by atoms with Crippen molar-refractivity contribution < 1.29 is 13.2 Å². The number of likely N-dealkylation sites (tertiary alicyclic amines) is 1. The van der Waals surface area contributed by atoms with Gasteiger partial charge in [0.15, 0.2) is 0 Å². The summed E-state index contributed by atoms with van der Waals surface area (Å²) in [5.74, 6) is -1.12. The average Bonchev–Trinajstić information content (AvgIpc) is 2.11. The van der Waals surface area contributed by atoms with Crippen LogP contribution in [-0.2, 0) is 0 Å². The molecule has 0 aromatic heterocycles. The first-order chi connectivity index (χ1) is 4.93. The van der Waals surface area contributed by atoms with E-state index in [1.165, 1.54) is 0 Å². The maximum absolute atomic E-state index is 12.2. The largest absolute Gasteiger partial charge is 0.393 e. The van der Waals surface area contributed by atoms with Gasteiger partial charge in [0.05, 0.1) is 5.92 Å². The molecule has 1 nitrogen and oxygen atoms in total. The lowest BCUT2D eigenvalue weighted by molar-refractivity contribution is -0.178. The highest BCUT2D eigenvalue weighted by molar-refractivity contribution is 4.86. The van der Waals surface area contributed by atoms with Gasteiger partial charge in [0.25, 0.3) is 0 Å². The van der Waals surface area contributed by atoms with E-state index < -0.39 is 12.1 Å². The van der Waals surface area contributed by atoms with Crippen LogP contribution < -0.4 is 0 Å². The van der Waals surface area contributed by atoms with E-state index in [4.69, 9.17) is 0 Å². The van der Waals surface area contributed by atoms with Crippen molar-refractivity contribution in [2.75, 3.05) is 13.6 Å². The number of halogens is 3. The first-order valence-electron chi connectivity index (χ1n) is 3.70. The molecule has 0 aliphatic carbocycles. The van der Waals surface area contributed by atoms with Crippen LogP contribution in [0.1, 0.15) is 13.3 Å². The molecule has 0 amide bonds. The molecule has 1 fully saturated rings. The van der Waals surface area contributed by atoms with Gasteiger partial charge in [-0.05, 0) is 26.9 Å². The first-order valence-corrected chi connectivity index (χ1v) is 3.70. The van der Waals surface area contributed by atoms with Gasteiger partial charge < -0.3 is 4.90 Å². The minimum atomic E-state index is -4.01. The van der Waals surface area contributed by atoms with Gasteiger partial charge in [-0.15, -0.1) is 0 Å². The van der Waals surface area contributed by atoms with Crippen molar-refractivity contribution in [3.63, 3.8) is 0 Å². The highest BCUT2D eigenvalue weighted by Crippen LogP contribution is 2.36. The smallest absolute Gasteiger partial charge is 0.303 e. The third-order valence-corrected chi connectivity index (χ3v) is 2.49. The van der Waals surface area contributed by atoms with Crippen LogP contribution in [0, 0.1) is 5.92 Å². The monoisotopic (exact) mass is 167 g/mol. The molecule has 0 bridgehead atoms. The Hall–Kier alpha value is -0.250. The summed E-state index contributed by atoms with van der Waals surface area (Å²) in [4.78, 5) is 1.75. The van der Waals surface area contributed by atoms with Crippen LogP contribution in [0.3, 0.4) is 0 Å². The Kier molecular flexibility index (Phi) is 2.14. The van der Waals surface area contributed by atoms with Crippen molar-refractivity contribution in [2.24, 2.45) is 5.92 Å². The van der Waals surface area contributed by atoms with E-state index in [0.29, 0.717) is 6.54 Å². The summed E-state index contributed by atoms with van der Waals surface area (Å²) < 4.78 is 36.5. The van der Waals surface area contributed by atoms with E-state index in [1.807, 2.05) is 0 Å². The molecule has 2 unspecified atom stereocenters. The molecule has 2 atom stereocenters. The maximum atomic E-state index is 12.2. The number of rotatable bonds is 0. The fourth-order valence-corrected chi connectivity index (χ4v) is 1.53. The molecule has 1 aliphatic heterocycles. The van der Waals surface area contributed by atoms with Crippen molar-refractivity contribution in [2.45, 2.75) is 25.6 Å². The Morgan fingerprint density at radius 2 is 1.91 bits per heavy atom. The second kappa shape index (κ2) is 2.66. The predicted octanol–water partition coefficient (Wildman–Crippen LogP) is 1.89. The SMILES string of the molecule is CC1C(C(F)(F)F)CCN1C. The van der Waals surface area contributed by atoms with E-state index in [-0.39, 0.29) is 12.5 Å². The van der Waals surface area contributed by atoms with Crippen LogP contribution in [0.5, 0.6) is 0 Å². The minimum Gasteiger partial charge on any atom is -0.303 e. The van der Waals surface area contributed by atoms with Gasteiger partial charge in [0.2, 0.25) is 0 Å². The quantitative estimate of drug-likeness (QED) is 0.532. The third-order valence-electron chi connectivity index (χ3n) is 2.49. The molecule has 0 aromatic rings. The molecule has 11 heavy (non-hydrogen) atoms. The molecule has 0 spiro atoms. The second-order valence-electron chi connectivity index (χ2n) is 3.16. The zero-order valence-electron chi connectivity index (χ0n) is 6.65. The molecular formula is C7H12F3N. The van der Waals surface area contributed by atoms with Crippen LogP contribution in [0.2, 0.25) is 0 Å². The number of nitrogens with zero attached hydrogens (tertiary/aromatic N) is 1. The molecule has 0 radical (unpaired) electrons. The molecular weight excluding hydrogens is 155 g/mol. The first kappa shape index (κ1) is 8.84. The second-order valence-corrected chi connectivity index (χ2v) is 3.16. The summed E-state index contributed by atoms with van der Waals surface area (Å²) >= 11 is 0. The average molecular weight is 167 g/mol. The van der Waals surface area contributed by atoms with E-state index in [9.17, 15) is 13.2 Å². The Labute approximate surface area is 64.2 Å². The van der Waals surface area contributed by atoms with Gasteiger partial charge >= 0.3 is 6.18 Å². The van der Waals surface area contributed by atoms with Gasteiger partial charge in [-0.25, -0.2) is 0 Å². The standard InChI is InChI=1S/C7H12F3N/c1-5-6(7(8,9)10)3-4-11(5)2/h5-6H,3-4H2,1-2H3. The summed E-state index contributed by atoms with van der Waals surface area (Å²) in [7, 11) is 1.73. The van der Waals surface area contributed by atoms with Gasteiger partial charge in [-0.1, -0.05) is 0 Å². The number of alkyl halides is 3. The van der Waals surface area contributed by atoms with Gasteiger partial charge in [-0.2, -0.15) is 13.2 Å². The van der Waals surface area contributed by atoms with Crippen molar-refractivity contribution in [1.29, 1.82) is 0 Å². The fourth-order valence-electron chi connectivity index (χ4n) is 1.53. The van der Waals surface area contributed by atoms with Crippen molar-refractivity contribution in [1.82, 2.24) is 4.90 Å². The van der Waals surface area contributed by atoms with Gasteiger partial charge in [0.1, 0.15) is 0 Å². The summed E-state index contributed by atoms with van der Waals surface area (Å²) in [5, 5.41) is 0. The molecule has 0 saturated carbocycles. The number of hydrogen-bond acceptors (Lipinski definition) is 1. The third kappa shape index (κ3) is 1.67. The van der Waals surface area contributed by atoms with Crippen LogP contribution >= 0.6 is 0 Å². The Bertz CT molecular complexity index is 143. The van der Waals surface area contributed by atoms with E-state index in [1.54, 1.807) is 18.9 Å². The summed E-state index contributed by atoms with van der Waals surface area (Å²) in [6.07, 6.45) is -3.76. The van der Waals surface area contributed by atoms with E-state index in [0.717, 1.165) is 0 Å². The van der Waals surface area contributed by atoms with Crippen molar-refractivity contribution >= 4 is 0 Å². The molecule has 4 heteroatoms. The van der Waals surface area contributed by atoms with Crippen molar-refractivity contribution in [3.05, 3.63) is 0 Å². The van der Waals surface area contributed by atoms with Crippen LogP contribution in [-0.4, -0.2) is 30.7 Å². The summed E-state index contributed by atoms with van der Waals surface area (Å²) in [6, 6.07) is -0.352. The van der Waals surface area contributed by atoms with E-state index >= 15 is 0 Å². The Morgan fingerprint density at radius 3 is 2.09 bits per heavy atom. The zero-order valence-corrected chi connectivity index (χ0v) is 6.65. The molecule has 1 rings (SSSR count). The lowest BCUT2D eigenvalue weighted by Crippen LogP contribution is -2.34. The topological polar surface area (TPSA) is 3.24 Å². The summed E-state index contributed by atoms with van der Waals surface area (Å²) in [5.41, 5.74) is 0. The molecule has 66 valence electrons. The highest BCUT2D eigenvalue weighted by Gasteiger charge is 2.47. The van der Waals surface area contributed by atoms with Crippen LogP contribution in [0.25, 0.3) is 0 Å². The predicted molar refractivity (Wildman–Crippen MR) is 36.3 cm³/mol. The Balaban J connectivity index is 2.62. The summed E-state index contributed by atoms with van der Waals surface area (Å²) in [6.45, 7) is 2.19. The normalized spacial score (nSPS) is 34.6. The minimum absolute atomic E-state index is 0.251.